The van der Waals surface area contributed by atoms with Crippen LogP contribution in [0.4, 0.5) is 0 Å². The average Bonchev–Trinajstić information content (AvgIpc) is 2.30. The van der Waals surface area contributed by atoms with Crippen molar-refractivity contribution in [1.29, 1.82) is 0 Å². The molecule has 0 radical (unpaired) electrons. The molecule has 0 aromatic heterocycles. The molecule has 1 nitrogen and oxygen atoms in total. The van der Waals surface area contributed by atoms with E-state index in [0.29, 0.717) is 0 Å². The van der Waals surface area contributed by atoms with E-state index in [1.807, 2.05) is 12.1 Å². The van der Waals surface area contributed by atoms with Gasteiger partial charge >= 0.3 is 0 Å². The van der Waals surface area contributed by atoms with Crippen LogP contribution in [0.15, 0.2) is 48.5 Å². The standard InChI is InChI=1S/C16H18O/c1-12(2)17-16-11-7-6-10-15(16)14-9-5-4-8-13(14)3/h4-12H,1-3H3. The number of hydrogen-bond donors (Lipinski definition) is 0. The second-order valence-electron chi connectivity index (χ2n) is 4.48. The lowest BCUT2D eigenvalue weighted by Crippen LogP contribution is -2.06. The van der Waals surface area contributed by atoms with Crippen molar-refractivity contribution in [2.45, 2.75) is 26.9 Å². The van der Waals surface area contributed by atoms with E-state index in [2.05, 4.69) is 57.2 Å². The zero-order valence-electron chi connectivity index (χ0n) is 10.6. The molecule has 88 valence electrons. The Kier molecular flexibility index (Phi) is 3.48. The van der Waals surface area contributed by atoms with E-state index in [-0.39, 0.29) is 6.10 Å². The molecule has 0 saturated carbocycles. The van der Waals surface area contributed by atoms with Crippen LogP contribution in [-0.2, 0) is 0 Å². The molecular weight excluding hydrogens is 208 g/mol. The zero-order chi connectivity index (χ0) is 12.3. The number of aryl methyl sites for hydroxylation is 1. The van der Waals surface area contributed by atoms with Crippen LogP contribution in [0.2, 0.25) is 0 Å². The molecule has 2 aromatic carbocycles. The summed E-state index contributed by atoms with van der Waals surface area (Å²) in [5, 5.41) is 0. The van der Waals surface area contributed by atoms with Gasteiger partial charge in [0.1, 0.15) is 5.75 Å². The van der Waals surface area contributed by atoms with Gasteiger partial charge in [-0.2, -0.15) is 0 Å². The fraction of sp³-hybridized carbons (Fsp3) is 0.250. The van der Waals surface area contributed by atoms with E-state index < -0.39 is 0 Å². The Balaban J connectivity index is 2.48. The maximum atomic E-state index is 5.85. The molecule has 0 aliphatic carbocycles. The average molecular weight is 226 g/mol. The maximum Gasteiger partial charge on any atom is 0.127 e. The monoisotopic (exact) mass is 226 g/mol. The number of ether oxygens (including phenoxy) is 1. The second-order valence-corrected chi connectivity index (χ2v) is 4.48. The van der Waals surface area contributed by atoms with Crippen molar-refractivity contribution in [3.05, 3.63) is 54.1 Å². The van der Waals surface area contributed by atoms with Gasteiger partial charge in [0.15, 0.2) is 0 Å². The molecule has 1 heteroatoms. The van der Waals surface area contributed by atoms with Crippen LogP contribution >= 0.6 is 0 Å². The summed E-state index contributed by atoms with van der Waals surface area (Å²) in [6.07, 6.45) is 0.195. The van der Waals surface area contributed by atoms with Crippen molar-refractivity contribution < 1.29 is 4.74 Å². The molecule has 0 heterocycles. The lowest BCUT2D eigenvalue weighted by Gasteiger charge is -2.15. The summed E-state index contributed by atoms with van der Waals surface area (Å²) in [6.45, 7) is 6.23. The van der Waals surface area contributed by atoms with Gasteiger partial charge in [0, 0.05) is 5.56 Å². The lowest BCUT2D eigenvalue weighted by molar-refractivity contribution is 0.243. The Bertz CT molecular complexity index is 500. The highest BCUT2D eigenvalue weighted by Crippen LogP contribution is 2.32. The Hall–Kier alpha value is -1.76. The molecular formula is C16H18O. The molecule has 0 N–H and O–H groups in total. The molecule has 0 bridgehead atoms. The summed E-state index contributed by atoms with van der Waals surface area (Å²) in [5.74, 6) is 0.955. The molecule has 0 amide bonds. The second kappa shape index (κ2) is 5.05. The van der Waals surface area contributed by atoms with E-state index in [1.165, 1.54) is 16.7 Å². The zero-order valence-corrected chi connectivity index (χ0v) is 10.6. The van der Waals surface area contributed by atoms with Gasteiger partial charge in [-0.15, -0.1) is 0 Å². The number of hydrogen-bond acceptors (Lipinski definition) is 1. The van der Waals surface area contributed by atoms with E-state index in [4.69, 9.17) is 4.74 Å². The molecule has 0 saturated heterocycles. The molecule has 0 unspecified atom stereocenters. The van der Waals surface area contributed by atoms with E-state index in [1.54, 1.807) is 0 Å². The van der Waals surface area contributed by atoms with E-state index in [0.717, 1.165) is 5.75 Å². The molecule has 2 aromatic rings. The molecule has 2 rings (SSSR count). The third-order valence-corrected chi connectivity index (χ3v) is 2.68. The number of rotatable bonds is 3. The first kappa shape index (κ1) is 11.7. The van der Waals surface area contributed by atoms with Crippen LogP contribution in [0.3, 0.4) is 0 Å². The highest BCUT2D eigenvalue weighted by molar-refractivity contribution is 5.73. The van der Waals surface area contributed by atoms with Crippen molar-refractivity contribution in [3.63, 3.8) is 0 Å². The third-order valence-electron chi connectivity index (χ3n) is 2.68. The van der Waals surface area contributed by atoms with Crippen molar-refractivity contribution >= 4 is 0 Å². The Morgan fingerprint density at radius 2 is 1.41 bits per heavy atom. The Morgan fingerprint density at radius 3 is 2.06 bits per heavy atom. The van der Waals surface area contributed by atoms with E-state index in [9.17, 15) is 0 Å². The minimum Gasteiger partial charge on any atom is -0.490 e. The Morgan fingerprint density at radius 1 is 0.824 bits per heavy atom. The predicted octanol–water partition coefficient (Wildman–Crippen LogP) is 4.45. The Labute approximate surface area is 103 Å². The predicted molar refractivity (Wildman–Crippen MR) is 72.4 cm³/mol. The largest absolute Gasteiger partial charge is 0.490 e. The molecule has 0 atom stereocenters. The van der Waals surface area contributed by atoms with Crippen LogP contribution in [0.25, 0.3) is 11.1 Å². The van der Waals surface area contributed by atoms with Gasteiger partial charge in [-0.3, -0.25) is 0 Å². The van der Waals surface area contributed by atoms with Crippen molar-refractivity contribution in [2.24, 2.45) is 0 Å². The number of para-hydroxylation sites is 1. The SMILES string of the molecule is Cc1ccccc1-c1ccccc1OC(C)C. The van der Waals surface area contributed by atoms with Crippen LogP contribution in [0.1, 0.15) is 19.4 Å². The first-order valence-electron chi connectivity index (χ1n) is 6.00. The van der Waals surface area contributed by atoms with Gasteiger partial charge < -0.3 is 4.74 Å². The van der Waals surface area contributed by atoms with Gasteiger partial charge in [0.2, 0.25) is 0 Å². The van der Waals surface area contributed by atoms with Gasteiger partial charge in [0.25, 0.3) is 0 Å². The summed E-state index contributed by atoms with van der Waals surface area (Å²) in [7, 11) is 0. The van der Waals surface area contributed by atoms with Gasteiger partial charge in [-0.25, -0.2) is 0 Å². The highest BCUT2D eigenvalue weighted by atomic mass is 16.5. The minimum atomic E-state index is 0.195. The summed E-state index contributed by atoms with van der Waals surface area (Å²) in [5.41, 5.74) is 3.68. The topological polar surface area (TPSA) is 9.23 Å². The fourth-order valence-corrected chi connectivity index (χ4v) is 1.92. The molecule has 0 spiro atoms. The quantitative estimate of drug-likeness (QED) is 0.751. The summed E-state index contributed by atoms with van der Waals surface area (Å²) >= 11 is 0. The smallest absolute Gasteiger partial charge is 0.127 e. The third kappa shape index (κ3) is 2.68. The maximum absolute atomic E-state index is 5.85. The van der Waals surface area contributed by atoms with Gasteiger partial charge in [0.05, 0.1) is 6.10 Å². The summed E-state index contributed by atoms with van der Waals surface area (Å²) in [6, 6.07) is 16.6. The first-order chi connectivity index (χ1) is 8.18. The molecule has 0 aliphatic heterocycles. The van der Waals surface area contributed by atoms with Crippen molar-refractivity contribution in [2.75, 3.05) is 0 Å². The minimum absolute atomic E-state index is 0.195. The van der Waals surface area contributed by atoms with Crippen molar-refractivity contribution in [1.82, 2.24) is 0 Å². The van der Waals surface area contributed by atoms with Gasteiger partial charge in [-0.05, 0) is 38.0 Å². The van der Waals surface area contributed by atoms with Crippen LogP contribution in [-0.4, -0.2) is 6.10 Å². The van der Waals surface area contributed by atoms with Crippen LogP contribution in [0, 0.1) is 6.92 Å². The molecule has 0 fully saturated rings. The molecule has 0 aliphatic rings. The van der Waals surface area contributed by atoms with Crippen LogP contribution in [0.5, 0.6) is 5.75 Å². The summed E-state index contributed by atoms with van der Waals surface area (Å²) in [4.78, 5) is 0. The van der Waals surface area contributed by atoms with Crippen molar-refractivity contribution in [3.8, 4) is 16.9 Å². The summed E-state index contributed by atoms with van der Waals surface area (Å²) < 4.78 is 5.85. The highest BCUT2D eigenvalue weighted by Gasteiger charge is 2.08. The lowest BCUT2D eigenvalue weighted by atomic mass is 10.00. The molecule has 17 heavy (non-hydrogen) atoms. The number of benzene rings is 2. The fourth-order valence-electron chi connectivity index (χ4n) is 1.92. The first-order valence-corrected chi connectivity index (χ1v) is 6.00. The normalized spacial score (nSPS) is 10.6. The van der Waals surface area contributed by atoms with Gasteiger partial charge in [-0.1, -0.05) is 42.5 Å². The van der Waals surface area contributed by atoms with E-state index >= 15 is 0 Å². The van der Waals surface area contributed by atoms with Crippen LogP contribution < -0.4 is 4.74 Å².